The van der Waals surface area contributed by atoms with Crippen molar-refractivity contribution in [3.05, 3.63) is 4.91 Å². The van der Waals surface area contributed by atoms with Gasteiger partial charge in [-0.1, -0.05) is 11.6 Å². The molecule has 0 aromatic heterocycles. The molecule has 0 radical (unpaired) electrons. The van der Waals surface area contributed by atoms with Crippen molar-refractivity contribution in [3.63, 3.8) is 0 Å². The largest absolute Gasteiger partial charge is 0.274 e. The molecule has 6 heteroatoms. The molecule has 0 spiro atoms. The molecule has 66 valence electrons. The van der Waals surface area contributed by atoms with Gasteiger partial charge in [0.1, 0.15) is 0 Å². The first-order chi connectivity index (χ1) is 5.26. The van der Waals surface area contributed by atoms with Crippen LogP contribution >= 0.6 is 11.6 Å². The monoisotopic (exact) mass is 182 g/mol. The Labute approximate surface area is 70.7 Å². The van der Waals surface area contributed by atoms with E-state index in [4.69, 9.17) is 11.6 Å². The standard InChI is InChI=1S/C5H13ClN3O2/c1-3-8(4-2)9(10)7-11-5-6/h3-5H2,1-2H3,(H,7,10)/q+1. The molecule has 0 fully saturated rings. The van der Waals surface area contributed by atoms with E-state index in [2.05, 4.69) is 10.4 Å². The van der Waals surface area contributed by atoms with Crippen molar-refractivity contribution in [3.8, 4) is 0 Å². The van der Waals surface area contributed by atoms with Crippen molar-refractivity contribution < 1.29 is 9.82 Å². The molecule has 0 aliphatic heterocycles. The second-order valence-corrected chi connectivity index (χ2v) is 1.97. The summed E-state index contributed by atoms with van der Waals surface area (Å²) in [5.41, 5.74) is 2.11. The fraction of sp³-hybridized carbons (Fsp3) is 1.00. The van der Waals surface area contributed by atoms with E-state index in [0.29, 0.717) is 18.1 Å². The van der Waals surface area contributed by atoms with Crippen LogP contribution in [-0.2, 0) is 4.84 Å². The highest BCUT2D eigenvalue weighted by atomic mass is 35.5. The number of nitrogens with one attached hydrogen (secondary N) is 1. The zero-order chi connectivity index (χ0) is 8.69. The van der Waals surface area contributed by atoms with Crippen LogP contribution in [0.15, 0.2) is 0 Å². The SMILES string of the molecule is CCN(CC)[N+](=O)NOCCl. The van der Waals surface area contributed by atoms with E-state index in [-0.39, 0.29) is 6.07 Å². The minimum absolute atomic E-state index is 0.0555. The van der Waals surface area contributed by atoms with Gasteiger partial charge in [0.05, 0.1) is 18.0 Å². The van der Waals surface area contributed by atoms with E-state index >= 15 is 0 Å². The first-order valence-electron chi connectivity index (χ1n) is 3.41. The lowest BCUT2D eigenvalue weighted by atomic mass is 10.6. The van der Waals surface area contributed by atoms with Gasteiger partial charge in [-0.25, -0.2) is 4.84 Å². The summed E-state index contributed by atoms with van der Waals surface area (Å²) in [6.45, 7) is 4.99. The number of nitroso groups, excluding NO2 is 1. The third kappa shape index (κ3) is 4.00. The van der Waals surface area contributed by atoms with Crippen molar-refractivity contribution in [2.24, 2.45) is 0 Å². The molecule has 0 saturated heterocycles. The van der Waals surface area contributed by atoms with Crippen LogP contribution in [0, 0.1) is 4.91 Å². The molecule has 1 N–H and O–H groups in total. The summed E-state index contributed by atoms with van der Waals surface area (Å²) in [5.74, 6) is 0. The molecule has 0 aromatic rings. The maximum Gasteiger partial charge on any atom is 0.274 e. The molecule has 0 atom stereocenters. The molecule has 0 aliphatic rings. The number of alkyl halides is 1. The molecule has 11 heavy (non-hydrogen) atoms. The number of rotatable bonds is 6. The first-order valence-corrected chi connectivity index (χ1v) is 3.95. The van der Waals surface area contributed by atoms with E-state index in [9.17, 15) is 4.91 Å². The van der Waals surface area contributed by atoms with Crippen molar-refractivity contribution in [2.75, 3.05) is 19.2 Å². The third-order valence-electron chi connectivity index (χ3n) is 1.18. The Morgan fingerprint density at radius 3 is 2.45 bits per heavy atom. The Hall–Kier alpha value is -0.550. The summed E-state index contributed by atoms with van der Waals surface area (Å²) in [5, 5.41) is 1.51. The molecule has 0 amide bonds. The van der Waals surface area contributed by atoms with Gasteiger partial charge < -0.3 is 0 Å². The smallest absolute Gasteiger partial charge is 0.206 e. The maximum atomic E-state index is 10.9. The number of halogens is 1. The van der Waals surface area contributed by atoms with Crippen LogP contribution in [0.2, 0.25) is 0 Å². The molecular formula is C5H13ClN3O2+. The van der Waals surface area contributed by atoms with Crippen LogP contribution in [0.4, 0.5) is 0 Å². The second-order valence-electron chi connectivity index (χ2n) is 1.76. The highest BCUT2D eigenvalue weighted by molar-refractivity contribution is 6.17. The van der Waals surface area contributed by atoms with Crippen LogP contribution in [0.1, 0.15) is 13.8 Å². The van der Waals surface area contributed by atoms with Gasteiger partial charge in [-0.05, 0) is 13.8 Å². The van der Waals surface area contributed by atoms with Gasteiger partial charge in [-0.3, -0.25) is 0 Å². The summed E-state index contributed by atoms with van der Waals surface area (Å²) in [7, 11) is 0. The van der Waals surface area contributed by atoms with Crippen molar-refractivity contribution in [2.45, 2.75) is 13.8 Å². The second kappa shape index (κ2) is 6.18. The van der Waals surface area contributed by atoms with E-state index in [1.54, 1.807) is 0 Å². The lowest BCUT2D eigenvalue weighted by Gasteiger charge is -2.07. The van der Waals surface area contributed by atoms with Gasteiger partial charge in [0.25, 0.3) is 4.98 Å². The minimum Gasteiger partial charge on any atom is -0.206 e. The van der Waals surface area contributed by atoms with Gasteiger partial charge in [-0.2, -0.15) is 0 Å². The molecule has 0 bridgehead atoms. The normalized spacial score (nSPS) is 9.36. The molecule has 0 saturated carbocycles. The summed E-state index contributed by atoms with van der Waals surface area (Å²) in [6, 6.07) is -0.0555. The Kier molecular flexibility index (Phi) is 5.87. The predicted octanol–water partition coefficient (Wildman–Crippen LogP) is 0.655. The zero-order valence-corrected chi connectivity index (χ0v) is 7.47. The van der Waals surface area contributed by atoms with Crippen LogP contribution in [0.3, 0.4) is 0 Å². The Morgan fingerprint density at radius 1 is 1.55 bits per heavy atom. The molecule has 5 nitrogen and oxygen atoms in total. The van der Waals surface area contributed by atoms with Gasteiger partial charge in [0.2, 0.25) is 0 Å². The minimum atomic E-state index is -0.0555. The van der Waals surface area contributed by atoms with E-state index in [1.165, 1.54) is 5.01 Å². The average molecular weight is 183 g/mol. The summed E-state index contributed by atoms with van der Waals surface area (Å²) in [4.78, 5) is 15.9. The van der Waals surface area contributed by atoms with Crippen molar-refractivity contribution >= 4 is 11.6 Å². The topological polar surface area (TPSA) is 44.6 Å². The van der Waals surface area contributed by atoms with Gasteiger partial charge in [-0.15, -0.1) is 5.01 Å². The number of hydrazine groups is 2. The molecular weight excluding hydrogens is 170 g/mol. The predicted molar refractivity (Wildman–Crippen MR) is 41.5 cm³/mol. The number of hydrogen-bond acceptors (Lipinski definition) is 2. The number of nitrogens with zero attached hydrogens (tertiary/aromatic N) is 2. The van der Waals surface area contributed by atoms with Crippen molar-refractivity contribution in [1.82, 2.24) is 10.6 Å². The quantitative estimate of drug-likeness (QED) is 0.372. The third-order valence-corrected chi connectivity index (χ3v) is 1.29. The van der Waals surface area contributed by atoms with Gasteiger partial charge in [0.15, 0.2) is 6.07 Å². The summed E-state index contributed by atoms with van der Waals surface area (Å²) in [6.07, 6.45) is 0. The van der Waals surface area contributed by atoms with Crippen molar-refractivity contribution in [1.29, 1.82) is 0 Å². The van der Waals surface area contributed by atoms with Crippen LogP contribution in [0.25, 0.3) is 0 Å². The van der Waals surface area contributed by atoms with Crippen LogP contribution in [0.5, 0.6) is 0 Å². The lowest BCUT2D eigenvalue weighted by molar-refractivity contribution is -0.787. The van der Waals surface area contributed by atoms with Gasteiger partial charge in [0, 0.05) is 5.59 Å². The molecule has 0 rings (SSSR count). The molecule has 0 aromatic carbocycles. The highest BCUT2D eigenvalue weighted by Crippen LogP contribution is 1.85. The Bertz CT molecular complexity index is 118. The average Bonchev–Trinajstić information content (AvgIpc) is 2.03. The van der Waals surface area contributed by atoms with E-state index in [1.807, 2.05) is 13.8 Å². The fourth-order valence-corrected chi connectivity index (χ4v) is 0.667. The lowest BCUT2D eigenvalue weighted by Crippen LogP contribution is -2.41. The molecule has 0 aliphatic carbocycles. The van der Waals surface area contributed by atoms with Crippen LogP contribution < -0.4 is 5.59 Å². The first kappa shape index (κ1) is 10.4. The zero-order valence-electron chi connectivity index (χ0n) is 6.71. The maximum absolute atomic E-state index is 10.9. The van der Waals surface area contributed by atoms with Gasteiger partial charge >= 0.3 is 0 Å². The number of hydrogen-bond donors (Lipinski definition) is 1. The summed E-state index contributed by atoms with van der Waals surface area (Å²) >= 11 is 5.17. The molecule has 0 unspecified atom stereocenters. The van der Waals surface area contributed by atoms with E-state index in [0.717, 1.165) is 0 Å². The Morgan fingerprint density at radius 2 is 2.09 bits per heavy atom. The fourth-order valence-electron chi connectivity index (χ4n) is 0.618. The Balaban J connectivity index is 3.61. The van der Waals surface area contributed by atoms with E-state index < -0.39 is 0 Å². The van der Waals surface area contributed by atoms with Crippen LogP contribution in [-0.4, -0.2) is 29.1 Å². The summed E-state index contributed by atoms with van der Waals surface area (Å²) < 4.78 is 0. The molecule has 0 heterocycles. The highest BCUT2D eigenvalue weighted by Gasteiger charge is 2.15.